The first-order valence-corrected chi connectivity index (χ1v) is 7.29. The second-order valence-corrected chi connectivity index (χ2v) is 5.76. The second kappa shape index (κ2) is 5.54. The van der Waals surface area contributed by atoms with Crippen molar-refractivity contribution in [3.05, 3.63) is 53.0 Å². The zero-order chi connectivity index (χ0) is 16.6. The summed E-state index contributed by atoms with van der Waals surface area (Å²) in [4.78, 5) is 17.3. The lowest BCUT2D eigenvalue weighted by atomic mass is 10.1. The number of benzene rings is 1. The number of hydrogen-bond acceptors (Lipinski definition) is 4. The number of carbonyl (C=O) groups is 1. The summed E-state index contributed by atoms with van der Waals surface area (Å²) >= 11 is 1.11. The fourth-order valence-corrected chi connectivity index (χ4v) is 3.06. The minimum Gasteiger partial charge on any atom is -0.398 e. The number of aromatic nitrogens is 1. The number of nitrogens with one attached hydrogen (secondary N) is 1. The fraction of sp³-hybridized carbons (Fsp3) is 0.0667. The first kappa shape index (κ1) is 15.3. The molecular formula is C15H10F3N3OS. The lowest BCUT2D eigenvalue weighted by Gasteiger charge is -2.15. The number of nitrogens with zero attached hydrogens (tertiary/aromatic N) is 1. The number of carbonyl (C=O) groups excluding carboxylic acids is 1. The van der Waals surface area contributed by atoms with Gasteiger partial charge in [-0.1, -0.05) is 12.1 Å². The third-order valence-corrected chi connectivity index (χ3v) is 4.20. The Labute approximate surface area is 132 Å². The number of pyridine rings is 1. The molecule has 0 atom stereocenters. The molecule has 0 aliphatic rings. The molecule has 2 heterocycles. The van der Waals surface area contributed by atoms with Gasteiger partial charge in [-0.15, -0.1) is 11.3 Å². The van der Waals surface area contributed by atoms with Gasteiger partial charge < -0.3 is 11.1 Å². The van der Waals surface area contributed by atoms with Gasteiger partial charge in [-0.2, -0.15) is 13.2 Å². The lowest BCUT2D eigenvalue weighted by molar-refractivity contribution is -0.136. The molecule has 23 heavy (non-hydrogen) atoms. The molecule has 8 heteroatoms. The Kier molecular flexibility index (Phi) is 3.69. The summed E-state index contributed by atoms with van der Waals surface area (Å²) in [6, 6.07) is 8.74. The van der Waals surface area contributed by atoms with E-state index in [9.17, 15) is 18.0 Å². The minimum absolute atomic E-state index is 0.272. The van der Waals surface area contributed by atoms with Crippen LogP contribution in [0.15, 0.2) is 42.6 Å². The van der Waals surface area contributed by atoms with Crippen LogP contribution in [0.2, 0.25) is 0 Å². The topological polar surface area (TPSA) is 68.0 Å². The number of anilines is 2. The molecule has 1 amide bonds. The van der Waals surface area contributed by atoms with Crippen molar-refractivity contribution in [3.8, 4) is 0 Å². The molecule has 3 aromatic rings. The Morgan fingerprint density at radius 1 is 1.22 bits per heavy atom. The maximum absolute atomic E-state index is 13.1. The van der Waals surface area contributed by atoms with E-state index in [4.69, 9.17) is 5.73 Å². The van der Waals surface area contributed by atoms with Crippen LogP contribution < -0.4 is 11.1 Å². The molecule has 118 valence electrons. The third-order valence-electron chi connectivity index (χ3n) is 3.15. The Hall–Kier alpha value is -2.61. The number of hydrogen-bond donors (Lipinski definition) is 2. The first-order valence-electron chi connectivity index (χ1n) is 6.48. The number of amides is 1. The summed E-state index contributed by atoms with van der Waals surface area (Å²) in [5, 5.41) is 3.03. The SMILES string of the molecule is Nc1cccc(NC(=O)c2cc3cccnc3s2)c1C(F)(F)F. The Balaban J connectivity index is 1.96. The first-order chi connectivity index (χ1) is 10.9. The van der Waals surface area contributed by atoms with Crippen LogP contribution in [0.4, 0.5) is 24.5 Å². The van der Waals surface area contributed by atoms with E-state index < -0.39 is 23.3 Å². The van der Waals surface area contributed by atoms with Gasteiger partial charge in [0.2, 0.25) is 0 Å². The average Bonchev–Trinajstić information content (AvgIpc) is 2.90. The summed E-state index contributed by atoms with van der Waals surface area (Å²) in [6.45, 7) is 0. The van der Waals surface area contributed by atoms with E-state index in [2.05, 4.69) is 10.3 Å². The Morgan fingerprint density at radius 2 is 2.00 bits per heavy atom. The van der Waals surface area contributed by atoms with Gasteiger partial charge >= 0.3 is 6.18 Å². The number of thiophene rings is 1. The summed E-state index contributed by atoms with van der Waals surface area (Å²) in [5.41, 5.74) is 3.55. The highest BCUT2D eigenvalue weighted by molar-refractivity contribution is 7.20. The number of halogens is 3. The molecule has 0 aliphatic carbocycles. The minimum atomic E-state index is -4.66. The second-order valence-electron chi connectivity index (χ2n) is 4.73. The van der Waals surface area contributed by atoms with Gasteiger partial charge in [0.1, 0.15) is 10.4 Å². The largest absolute Gasteiger partial charge is 0.420 e. The Bertz CT molecular complexity index is 856. The van der Waals surface area contributed by atoms with E-state index in [1.165, 1.54) is 12.1 Å². The highest BCUT2D eigenvalue weighted by atomic mass is 32.1. The van der Waals surface area contributed by atoms with Crippen molar-refractivity contribution >= 4 is 38.8 Å². The van der Waals surface area contributed by atoms with Gasteiger partial charge in [-0.25, -0.2) is 4.98 Å². The molecule has 2 aromatic heterocycles. The van der Waals surface area contributed by atoms with Crippen molar-refractivity contribution in [2.45, 2.75) is 6.18 Å². The number of nitrogen functional groups attached to an aromatic ring is 1. The van der Waals surface area contributed by atoms with Gasteiger partial charge in [0.25, 0.3) is 5.91 Å². The highest BCUT2D eigenvalue weighted by Crippen LogP contribution is 2.39. The fourth-order valence-electron chi connectivity index (χ4n) is 2.16. The molecule has 0 saturated carbocycles. The quantitative estimate of drug-likeness (QED) is 0.690. The lowest BCUT2D eigenvalue weighted by Crippen LogP contribution is -2.17. The van der Waals surface area contributed by atoms with E-state index in [1.807, 2.05) is 0 Å². The molecule has 0 fully saturated rings. The standard InChI is InChI=1S/C15H10F3N3OS/c16-15(17,18)12-9(19)4-1-5-10(12)21-13(22)11-7-8-3-2-6-20-14(8)23-11/h1-7H,19H2,(H,21,22). The highest BCUT2D eigenvalue weighted by Gasteiger charge is 2.36. The monoisotopic (exact) mass is 337 g/mol. The number of rotatable bonds is 2. The van der Waals surface area contributed by atoms with Crippen molar-refractivity contribution in [2.24, 2.45) is 0 Å². The number of alkyl halides is 3. The number of nitrogens with two attached hydrogens (primary N) is 1. The van der Waals surface area contributed by atoms with E-state index in [-0.39, 0.29) is 10.6 Å². The Morgan fingerprint density at radius 3 is 2.70 bits per heavy atom. The zero-order valence-electron chi connectivity index (χ0n) is 11.5. The van der Waals surface area contributed by atoms with Crippen molar-refractivity contribution in [3.63, 3.8) is 0 Å². The molecule has 0 unspecified atom stereocenters. The maximum atomic E-state index is 13.1. The summed E-state index contributed by atoms with van der Waals surface area (Å²) in [6.07, 6.45) is -3.07. The van der Waals surface area contributed by atoms with Crippen LogP contribution in [0.1, 0.15) is 15.2 Å². The summed E-state index contributed by atoms with van der Waals surface area (Å²) in [5.74, 6) is -0.635. The molecule has 1 aromatic carbocycles. The van der Waals surface area contributed by atoms with Crippen LogP contribution in [0.25, 0.3) is 10.2 Å². The van der Waals surface area contributed by atoms with Gasteiger partial charge in [-0.05, 0) is 24.3 Å². The predicted molar refractivity (Wildman–Crippen MR) is 83.4 cm³/mol. The normalized spacial score (nSPS) is 11.6. The van der Waals surface area contributed by atoms with Crippen LogP contribution in [0.5, 0.6) is 0 Å². The van der Waals surface area contributed by atoms with Gasteiger partial charge in [0.15, 0.2) is 0 Å². The molecule has 4 nitrogen and oxygen atoms in total. The van der Waals surface area contributed by atoms with Crippen LogP contribution in [0.3, 0.4) is 0 Å². The molecule has 3 rings (SSSR count). The maximum Gasteiger partial charge on any atom is 0.420 e. The smallest absolute Gasteiger partial charge is 0.398 e. The molecule has 0 spiro atoms. The molecule has 0 radical (unpaired) electrons. The van der Waals surface area contributed by atoms with E-state index >= 15 is 0 Å². The van der Waals surface area contributed by atoms with Crippen molar-refractivity contribution < 1.29 is 18.0 Å². The molecule has 0 saturated heterocycles. The van der Waals surface area contributed by atoms with E-state index in [1.54, 1.807) is 24.4 Å². The molecular weight excluding hydrogens is 327 g/mol. The van der Waals surface area contributed by atoms with Gasteiger partial charge in [-0.3, -0.25) is 4.79 Å². The third kappa shape index (κ3) is 2.98. The van der Waals surface area contributed by atoms with E-state index in [0.717, 1.165) is 22.8 Å². The molecule has 0 bridgehead atoms. The average molecular weight is 337 g/mol. The molecule has 3 N–H and O–H groups in total. The van der Waals surface area contributed by atoms with Crippen LogP contribution in [-0.4, -0.2) is 10.9 Å². The summed E-state index contributed by atoms with van der Waals surface area (Å²) < 4.78 is 39.3. The zero-order valence-corrected chi connectivity index (χ0v) is 12.3. The van der Waals surface area contributed by atoms with Crippen molar-refractivity contribution in [2.75, 3.05) is 11.1 Å². The van der Waals surface area contributed by atoms with Crippen molar-refractivity contribution in [1.29, 1.82) is 0 Å². The van der Waals surface area contributed by atoms with Crippen molar-refractivity contribution in [1.82, 2.24) is 4.98 Å². The predicted octanol–water partition coefficient (Wildman–Crippen LogP) is 4.15. The van der Waals surface area contributed by atoms with E-state index in [0.29, 0.717) is 4.83 Å². The van der Waals surface area contributed by atoms with Gasteiger partial charge in [0, 0.05) is 17.3 Å². The summed E-state index contributed by atoms with van der Waals surface area (Å²) in [7, 11) is 0. The van der Waals surface area contributed by atoms with Gasteiger partial charge in [0.05, 0.1) is 10.6 Å². The molecule has 0 aliphatic heterocycles. The number of fused-ring (bicyclic) bond motifs is 1. The van der Waals surface area contributed by atoms with Crippen LogP contribution >= 0.6 is 11.3 Å². The van der Waals surface area contributed by atoms with Crippen LogP contribution in [-0.2, 0) is 6.18 Å². The van der Waals surface area contributed by atoms with Crippen LogP contribution in [0, 0.1) is 0 Å².